The van der Waals surface area contributed by atoms with Crippen molar-refractivity contribution < 1.29 is 19.7 Å². The summed E-state index contributed by atoms with van der Waals surface area (Å²) in [5.41, 5.74) is 5.64. The number of methoxy groups -OCH3 is 1. The topological polar surface area (TPSA) is 96.1 Å². The molecule has 3 rings (SSSR count). The van der Waals surface area contributed by atoms with Gasteiger partial charge < -0.3 is 19.5 Å². The number of carbonyl (C=O) groups excluding carboxylic acids is 1. The summed E-state index contributed by atoms with van der Waals surface area (Å²) in [5.74, 6) is -0.489. The quantitative estimate of drug-likeness (QED) is 0.468. The molecule has 1 heterocycles. The molecule has 0 spiro atoms. The first-order chi connectivity index (χ1) is 13.4. The Hall–Kier alpha value is -3.74. The number of nitrogens with zero attached hydrogens (tertiary/aromatic N) is 2. The molecule has 0 atom stereocenters. The second-order valence-corrected chi connectivity index (χ2v) is 6.25. The second-order valence-electron chi connectivity index (χ2n) is 6.25. The number of rotatable bonds is 5. The van der Waals surface area contributed by atoms with Gasteiger partial charge in [-0.2, -0.15) is 5.10 Å². The molecule has 0 aliphatic heterocycles. The van der Waals surface area contributed by atoms with E-state index >= 15 is 0 Å². The van der Waals surface area contributed by atoms with E-state index in [9.17, 15) is 15.0 Å². The number of hydrazone groups is 1. The maximum absolute atomic E-state index is 12.3. The number of phenols is 2. The lowest BCUT2D eigenvalue weighted by Gasteiger charge is -2.11. The molecule has 0 saturated heterocycles. The van der Waals surface area contributed by atoms with Gasteiger partial charge in [0, 0.05) is 28.7 Å². The molecule has 0 aliphatic rings. The summed E-state index contributed by atoms with van der Waals surface area (Å²) in [6.07, 6.45) is 1.30. The Morgan fingerprint density at radius 2 is 1.82 bits per heavy atom. The van der Waals surface area contributed by atoms with E-state index in [1.165, 1.54) is 25.5 Å². The van der Waals surface area contributed by atoms with Gasteiger partial charge in [0.2, 0.25) is 0 Å². The fraction of sp³-hybridized carbons (Fsp3) is 0.143. The SMILES string of the molecule is COc1cccc(/C=N/NC(=O)c2ccc(-n3c(C)ccc3C)cc2O)c1O. The number of aromatic nitrogens is 1. The highest BCUT2D eigenvalue weighted by Crippen LogP contribution is 2.28. The zero-order chi connectivity index (χ0) is 20.3. The van der Waals surface area contributed by atoms with E-state index in [0.717, 1.165) is 17.1 Å². The fourth-order valence-electron chi connectivity index (χ4n) is 2.96. The van der Waals surface area contributed by atoms with Gasteiger partial charge in [-0.05, 0) is 50.2 Å². The van der Waals surface area contributed by atoms with Crippen molar-refractivity contribution in [2.75, 3.05) is 7.11 Å². The predicted molar refractivity (Wildman–Crippen MR) is 107 cm³/mol. The molecule has 1 aromatic heterocycles. The highest BCUT2D eigenvalue weighted by molar-refractivity contribution is 5.97. The molecule has 3 N–H and O–H groups in total. The van der Waals surface area contributed by atoms with Gasteiger partial charge in [-0.25, -0.2) is 5.43 Å². The first-order valence-corrected chi connectivity index (χ1v) is 8.60. The number of para-hydroxylation sites is 1. The van der Waals surface area contributed by atoms with Crippen LogP contribution in [-0.4, -0.2) is 34.0 Å². The average molecular weight is 379 g/mol. The van der Waals surface area contributed by atoms with Crippen molar-refractivity contribution in [2.24, 2.45) is 5.10 Å². The van der Waals surface area contributed by atoms with E-state index in [1.807, 2.05) is 30.5 Å². The summed E-state index contributed by atoms with van der Waals surface area (Å²) in [7, 11) is 1.45. The van der Waals surface area contributed by atoms with Crippen LogP contribution in [0.15, 0.2) is 53.6 Å². The van der Waals surface area contributed by atoms with Gasteiger partial charge in [-0.15, -0.1) is 0 Å². The third-order valence-corrected chi connectivity index (χ3v) is 4.38. The van der Waals surface area contributed by atoms with E-state index in [0.29, 0.717) is 11.3 Å². The number of amides is 1. The number of aromatic hydroxyl groups is 2. The maximum atomic E-state index is 12.3. The Labute approximate surface area is 162 Å². The van der Waals surface area contributed by atoms with E-state index < -0.39 is 5.91 Å². The molecular weight excluding hydrogens is 358 g/mol. The van der Waals surface area contributed by atoms with Gasteiger partial charge >= 0.3 is 0 Å². The van der Waals surface area contributed by atoms with Crippen LogP contribution in [0.25, 0.3) is 5.69 Å². The second kappa shape index (κ2) is 7.87. The van der Waals surface area contributed by atoms with Crippen molar-refractivity contribution in [1.82, 2.24) is 9.99 Å². The van der Waals surface area contributed by atoms with E-state index in [-0.39, 0.29) is 17.1 Å². The molecule has 1 amide bonds. The van der Waals surface area contributed by atoms with Gasteiger partial charge in [-0.3, -0.25) is 4.79 Å². The van der Waals surface area contributed by atoms with E-state index in [2.05, 4.69) is 10.5 Å². The first kappa shape index (κ1) is 19.0. The summed E-state index contributed by atoms with van der Waals surface area (Å²) in [6, 6.07) is 13.7. The molecule has 144 valence electrons. The van der Waals surface area contributed by atoms with Crippen LogP contribution in [0.3, 0.4) is 0 Å². The van der Waals surface area contributed by atoms with Gasteiger partial charge in [0.25, 0.3) is 5.91 Å². The molecular formula is C21H21N3O4. The minimum atomic E-state index is -0.566. The number of aryl methyl sites for hydroxylation is 2. The van der Waals surface area contributed by atoms with Gasteiger partial charge in [0.05, 0.1) is 18.9 Å². The number of hydrogen-bond acceptors (Lipinski definition) is 5. The summed E-state index contributed by atoms with van der Waals surface area (Å²) >= 11 is 0. The van der Waals surface area contributed by atoms with Crippen molar-refractivity contribution in [3.8, 4) is 22.9 Å². The summed E-state index contributed by atoms with van der Waals surface area (Å²) < 4.78 is 7.00. The van der Waals surface area contributed by atoms with Gasteiger partial charge in [0.15, 0.2) is 11.5 Å². The van der Waals surface area contributed by atoms with Crippen LogP contribution in [0.4, 0.5) is 0 Å². The van der Waals surface area contributed by atoms with Crippen LogP contribution in [0.1, 0.15) is 27.3 Å². The van der Waals surface area contributed by atoms with E-state index in [1.54, 1.807) is 24.3 Å². The average Bonchev–Trinajstić information content (AvgIpc) is 3.01. The summed E-state index contributed by atoms with van der Waals surface area (Å²) in [4.78, 5) is 12.3. The Kier molecular flexibility index (Phi) is 5.35. The standard InChI is InChI=1S/C21H21N3O4/c1-13-7-8-14(2)24(13)16-9-10-17(18(25)11-16)21(27)23-22-12-15-5-4-6-19(28-3)20(15)26/h4-12,25-26H,1-3H3,(H,23,27)/b22-12+. The highest BCUT2D eigenvalue weighted by Gasteiger charge is 2.13. The lowest BCUT2D eigenvalue weighted by atomic mass is 10.1. The van der Waals surface area contributed by atoms with Crippen LogP contribution in [-0.2, 0) is 0 Å². The van der Waals surface area contributed by atoms with Crippen LogP contribution >= 0.6 is 0 Å². The van der Waals surface area contributed by atoms with Crippen molar-refractivity contribution in [3.63, 3.8) is 0 Å². The van der Waals surface area contributed by atoms with E-state index in [4.69, 9.17) is 4.74 Å². The Morgan fingerprint density at radius 1 is 1.11 bits per heavy atom. The summed E-state index contributed by atoms with van der Waals surface area (Å²) in [6.45, 7) is 3.93. The predicted octanol–water partition coefficient (Wildman–Crippen LogP) is 3.28. The molecule has 0 radical (unpaired) electrons. The number of nitrogens with one attached hydrogen (secondary N) is 1. The number of benzene rings is 2. The normalized spacial score (nSPS) is 11.0. The lowest BCUT2D eigenvalue weighted by Crippen LogP contribution is -2.18. The largest absolute Gasteiger partial charge is 0.507 e. The molecule has 0 aliphatic carbocycles. The summed E-state index contributed by atoms with van der Waals surface area (Å²) in [5, 5.41) is 24.1. The minimum Gasteiger partial charge on any atom is -0.507 e. The molecule has 7 nitrogen and oxygen atoms in total. The number of ether oxygens (including phenoxy) is 1. The maximum Gasteiger partial charge on any atom is 0.275 e. The molecule has 2 aromatic carbocycles. The molecule has 28 heavy (non-hydrogen) atoms. The van der Waals surface area contributed by atoms with Gasteiger partial charge in [-0.1, -0.05) is 6.07 Å². The van der Waals surface area contributed by atoms with Crippen LogP contribution < -0.4 is 10.2 Å². The third kappa shape index (κ3) is 3.68. The fourth-order valence-corrected chi connectivity index (χ4v) is 2.96. The van der Waals surface area contributed by atoms with Crippen molar-refractivity contribution in [1.29, 1.82) is 0 Å². The zero-order valence-corrected chi connectivity index (χ0v) is 15.8. The lowest BCUT2D eigenvalue weighted by molar-refractivity contribution is 0.0952. The molecule has 0 saturated carbocycles. The third-order valence-electron chi connectivity index (χ3n) is 4.38. The van der Waals surface area contributed by atoms with Crippen LogP contribution in [0, 0.1) is 13.8 Å². The molecule has 3 aromatic rings. The van der Waals surface area contributed by atoms with Crippen LogP contribution in [0.2, 0.25) is 0 Å². The van der Waals surface area contributed by atoms with Crippen LogP contribution in [0.5, 0.6) is 17.2 Å². The molecule has 0 fully saturated rings. The number of carbonyl (C=O) groups is 1. The smallest absolute Gasteiger partial charge is 0.275 e. The van der Waals surface area contributed by atoms with Crippen molar-refractivity contribution in [3.05, 3.63) is 71.0 Å². The first-order valence-electron chi connectivity index (χ1n) is 8.60. The van der Waals surface area contributed by atoms with Crippen molar-refractivity contribution >= 4 is 12.1 Å². The Bertz CT molecular complexity index is 1030. The van der Waals surface area contributed by atoms with Crippen molar-refractivity contribution in [2.45, 2.75) is 13.8 Å². The number of hydrogen-bond donors (Lipinski definition) is 3. The molecule has 0 unspecified atom stereocenters. The Morgan fingerprint density at radius 3 is 2.46 bits per heavy atom. The molecule has 0 bridgehead atoms. The minimum absolute atomic E-state index is 0.0762. The monoisotopic (exact) mass is 379 g/mol. The Balaban J connectivity index is 1.77. The highest BCUT2D eigenvalue weighted by atomic mass is 16.5. The van der Waals surface area contributed by atoms with Gasteiger partial charge in [0.1, 0.15) is 5.75 Å². The molecule has 7 heteroatoms. The zero-order valence-electron chi connectivity index (χ0n) is 15.8. The number of phenolic OH excluding ortho intramolecular Hbond substituents is 2.